The number of carbonyl (C=O) groups excluding carboxylic acids is 1. The third kappa shape index (κ3) is 4.64. The van der Waals surface area contributed by atoms with Crippen molar-refractivity contribution in [1.82, 2.24) is 10.2 Å². The Labute approximate surface area is 105 Å². The predicted octanol–water partition coefficient (Wildman–Crippen LogP) is 1.26. The quantitative estimate of drug-likeness (QED) is 0.682. The van der Waals surface area contributed by atoms with Crippen molar-refractivity contribution in [2.24, 2.45) is 5.92 Å². The van der Waals surface area contributed by atoms with E-state index in [4.69, 9.17) is 4.74 Å². The Hall–Kier alpha value is -0.610. The van der Waals surface area contributed by atoms with Gasteiger partial charge in [0.25, 0.3) is 0 Å². The Morgan fingerprint density at radius 1 is 1.59 bits per heavy atom. The molecule has 0 aromatic rings. The Kier molecular flexibility index (Phi) is 6.52. The number of carbonyl (C=O) groups is 1. The van der Waals surface area contributed by atoms with Crippen LogP contribution in [0.1, 0.15) is 32.6 Å². The molecule has 17 heavy (non-hydrogen) atoms. The van der Waals surface area contributed by atoms with E-state index in [0.717, 1.165) is 18.9 Å². The Morgan fingerprint density at radius 3 is 2.94 bits per heavy atom. The highest BCUT2D eigenvalue weighted by Crippen LogP contribution is 2.20. The monoisotopic (exact) mass is 242 g/mol. The summed E-state index contributed by atoms with van der Waals surface area (Å²) in [5, 5.41) is 3.01. The van der Waals surface area contributed by atoms with E-state index in [1.807, 2.05) is 7.05 Å². The number of ether oxygens (including phenoxy) is 1. The van der Waals surface area contributed by atoms with Gasteiger partial charge in [0.05, 0.1) is 7.11 Å². The first-order valence-corrected chi connectivity index (χ1v) is 6.68. The summed E-state index contributed by atoms with van der Waals surface area (Å²) in [4.78, 5) is 13.9. The Balaban J connectivity index is 2.24. The number of rotatable bonds is 7. The normalized spacial score (nSPS) is 22.6. The first-order chi connectivity index (χ1) is 8.21. The average Bonchev–Trinajstić information content (AvgIpc) is 2.78. The minimum atomic E-state index is -0.162. The molecular formula is C13H26N2O2. The first-order valence-electron chi connectivity index (χ1n) is 6.68. The summed E-state index contributed by atoms with van der Waals surface area (Å²) in [5.41, 5.74) is 0. The van der Waals surface area contributed by atoms with Gasteiger partial charge >= 0.3 is 5.97 Å². The number of hydrogen-bond donors (Lipinski definition) is 1. The zero-order chi connectivity index (χ0) is 12.7. The summed E-state index contributed by atoms with van der Waals surface area (Å²) >= 11 is 0. The standard InChI is InChI=1S/C13H26N2O2/c1-4-5-11-6-8-15(10-11)9-7-12(14-2)13(16)17-3/h11-12,14H,4-10H2,1-3H3. The van der Waals surface area contributed by atoms with Crippen LogP contribution in [0.5, 0.6) is 0 Å². The van der Waals surface area contributed by atoms with Crippen LogP contribution in [0.2, 0.25) is 0 Å². The van der Waals surface area contributed by atoms with Crippen molar-refractivity contribution in [3.63, 3.8) is 0 Å². The molecule has 2 unspecified atom stereocenters. The molecule has 100 valence electrons. The molecule has 0 aromatic heterocycles. The van der Waals surface area contributed by atoms with E-state index < -0.39 is 0 Å². The molecule has 0 amide bonds. The van der Waals surface area contributed by atoms with Gasteiger partial charge in [-0.15, -0.1) is 0 Å². The second-order valence-electron chi connectivity index (χ2n) is 4.90. The lowest BCUT2D eigenvalue weighted by Gasteiger charge is -2.19. The lowest BCUT2D eigenvalue weighted by atomic mass is 10.0. The van der Waals surface area contributed by atoms with Crippen molar-refractivity contribution in [2.75, 3.05) is 33.8 Å². The van der Waals surface area contributed by atoms with Gasteiger partial charge in [-0.2, -0.15) is 0 Å². The molecule has 1 fully saturated rings. The summed E-state index contributed by atoms with van der Waals surface area (Å²) in [6.45, 7) is 5.62. The molecule has 0 aromatic carbocycles. The maximum Gasteiger partial charge on any atom is 0.322 e. The third-order valence-electron chi connectivity index (χ3n) is 3.64. The fourth-order valence-corrected chi connectivity index (χ4v) is 2.59. The molecular weight excluding hydrogens is 216 g/mol. The first kappa shape index (κ1) is 14.5. The van der Waals surface area contributed by atoms with Gasteiger partial charge in [-0.05, 0) is 38.8 Å². The molecule has 4 nitrogen and oxygen atoms in total. The summed E-state index contributed by atoms with van der Waals surface area (Å²) in [6, 6.07) is -0.162. The molecule has 1 heterocycles. The lowest BCUT2D eigenvalue weighted by molar-refractivity contribution is -0.143. The summed E-state index contributed by atoms with van der Waals surface area (Å²) in [5.74, 6) is 0.711. The minimum absolute atomic E-state index is 0.156. The van der Waals surface area contributed by atoms with E-state index in [9.17, 15) is 4.79 Å². The third-order valence-corrected chi connectivity index (χ3v) is 3.64. The van der Waals surface area contributed by atoms with E-state index in [-0.39, 0.29) is 12.0 Å². The number of nitrogens with one attached hydrogen (secondary N) is 1. The molecule has 0 aliphatic carbocycles. The Bertz CT molecular complexity index is 233. The largest absolute Gasteiger partial charge is 0.468 e. The highest BCUT2D eigenvalue weighted by atomic mass is 16.5. The van der Waals surface area contributed by atoms with Gasteiger partial charge in [-0.3, -0.25) is 4.79 Å². The van der Waals surface area contributed by atoms with Crippen molar-refractivity contribution < 1.29 is 9.53 Å². The second-order valence-corrected chi connectivity index (χ2v) is 4.90. The minimum Gasteiger partial charge on any atom is -0.468 e. The van der Waals surface area contributed by atoms with Crippen molar-refractivity contribution in [1.29, 1.82) is 0 Å². The molecule has 0 saturated carbocycles. The average molecular weight is 242 g/mol. The lowest BCUT2D eigenvalue weighted by Crippen LogP contribution is -2.38. The smallest absolute Gasteiger partial charge is 0.322 e. The fourth-order valence-electron chi connectivity index (χ4n) is 2.59. The van der Waals surface area contributed by atoms with Gasteiger partial charge in [0, 0.05) is 13.1 Å². The number of likely N-dealkylation sites (tertiary alicyclic amines) is 1. The topological polar surface area (TPSA) is 41.6 Å². The maximum absolute atomic E-state index is 11.4. The fraction of sp³-hybridized carbons (Fsp3) is 0.923. The zero-order valence-electron chi connectivity index (χ0n) is 11.4. The van der Waals surface area contributed by atoms with E-state index in [1.165, 1.54) is 39.5 Å². The van der Waals surface area contributed by atoms with E-state index in [1.54, 1.807) is 0 Å². The van der Waals surface area contributed by atoms with Crippen LogP contribution >= 0.6 is 0 Å². The van der Waals surface area contributed by atoms with Crippen LogP contribution in [0.3, 0.4) is 0 Å². The van der Waals surface area contributed by atoms with Crippen LogP contribution in [-0.4, -0.2) is 50.7 Å². The van der Waals surface area contributed by atoms with Crippen molar-refractivity contribution >= 4 is 5.97 Å². The van der Waals surface area contributed by atoms with Crippen LogP contribution in [0.15, 0.2) is 0 Å². The summed E-state index contributed by atoms with van der Waals surface area (Å²) in [7, 11) is 3.26. The molecule has 0 radical (unpaired) electrons. The van der Waals surface area contributed by atoms with Gasteiger partial charge in [0.2, 0.25) is 0 Å². The van der Waals surface area contributed by atoms with Gasteiger partial charge in [-0.1, -0.05) is 13.3 Å². The molecule has 2 atom stereocenters. The van der Waals surface area contributed by atoms with Crippen LogP contribution in [0, 0.1) is 5.92 Å². The molecule has 1 rings (SSSR count). The molecule has 1 aliphatic rings. The van der Waals surface area contributed by atoms with Gasteiger partial charge < -0.3 is 15.0 Å². The summed E-state index contributed by atoms with van der Waals surface area (Å²) < 4.78 is 4.76. The van der Waals surface area contributed by atoms with Gasteiger partial charge in [-0.25, -0.2) is 0 Å². The Morgan fingerprint density at radius 2 is 2.35 bits per heavy atom. The molecule has 1 aliphatic heterocycles. The van der Waals surface area contributed by atoms with Crippen LogP contribution in [-0.2, 0) is 9.53 Å². The molecule has 0 bridgehead atoms. The number of hydrogen-bond acceptors (Lipinski definition) is 4. The SMILES string of the molecule is CCCC1CCN(CCC(NC)C(=O)OC)C1. The summed E-state index contributed by atoms with van der Waals surface area (Å²) in [6.07, 6.45) is 4.76. The number of methoxy groups -OCH3 is 1. The van der Waals surface area contributed by atoms with Gasteiger partial charge in [0.1, 0.15) is 6.04 Å². The number of likely N-dealkylation sites (N-methyl/N-ethyl adjacent to an activating group) is 1. The van der Waals surface area contributed by atoms with Crippen molar-refractivity contribution in [3.05, 3.63) is 0 Å². The van der Waals surface area contributed by atoms with E-state index >= 15 is 0 Å². The van der Waals surface area contributed by atoms with Crippen molar-refractivity contribution in [2.45, 2.75) is 38.6 Å². The zero-order valence-corrected chi connectivity index (χ0v) is 11.4. The van der Waals surface area contributed by atoms with E-state index in [2.05, 4.69) is 17.1 Å². The number of nitrogens with zero attached hydrogens (tertiary/aromatic N) is 1. The maximum atomic E-state index is 11.4. The van der Waals surface area contributed by atoms with E-state index in [0.29, 0.717) is 0 Å². The number of esters is 1. The molecule has 4 heteroatoms. The van der Waals surface area contributed by atoms with Crippen molar-refractivity contribution in [3.8, 4) is 0 Å². The molecule has 1 N–H and O–H groups in total. The molecule has 0 spiro atoms. The highest BCUT2D eigenvalue weighted by Gasteiger charge is 2.23. The van der Waals surface area contributed by atoms with Crippen LogP contribution in [0.4, 0.5) is 0 Å². The van der Waals surface area contributed by atoms with Crippen LogP contribution < -0.4 is 5.32 Å². The van der Waals surface area contributed by atoms with Crippen LogP contribution in [0.25, 0.3) is 0 Å². The second kappa shape index (κ2) is 7.67. The van der Waals surface area contributed by atoms with Gasteiger partial charge in [0.15, 0.2) is 0 Å². The highest BCUT2D eigenvalue weighted by molar-refractivity contribution is 5.75. The molecule has 1 saturated heterocycles. The predicted molar refractivity (Wildman–Crippen MR) is 68.9 cm³/mol.